The normalized spacial score (nSPS) is 15.1. The fraction of sp³-hybridized carbons (Fsp3) is 0.350. The van der Waals surface area contributed by atoms with E-state index in [1.54, 1.807) is 0 Å². The minimum absolute atomic E-state index is 0.00497. The summed E-state index contributed by atoms with van der Waals surface area (Å²) in [7, 11) is 0. The summed E-state index contributed by atoms with van der Waals surface area (Å²) < 4.78 is 2.00. The van der Waals surface area contributed by atoms with Gasteiger partial charge in [-0.2, -0.15) is 0 Å². The number of amides is 1. The van der Waals surface area contributed by atoms with Crippen molar-refractivity contribution in [2.75, 3.05) is 13.1 Å². The summed E-state index contributed by atoms with van der Waals surface area (Å²) in [5, 5.41) is 0.673. The lowest BCUT2D eigenvalue weighted by atomic mass is 10.2. The van der Waals surface area contributed by atoms with Gasteiger partial charge in [0.1, 0.15) is 11.2 Å². The summed E-state index contributed by atoms with van der Waals surface area (Å²) in [6.07, 6.45) is 5.89. The van der Waals surface area contributed by atoms with E-state index < -0.39 is 0 Å². The highest BCUT2D eigenvalue weighted by molar-refractivity contribution is 7.22. The van der Waals surface area contributed by atoms with E-state index in [-0.39, 0.29) is 18.0 Å². The monoisotopic (exact) mass is 401 g/mol. The summed E-state index contributed by atoms with van der Waals surface area (Å²) in [6.45, 7) is 1.61. The maximum absolute atomic E-state index is 12.9. The van der Waals surface area contributed by atoms with Gasteiger partial charge in [0, 0.05) is 23.0 Å². The number of aromatic nitrogens is 2. The van der Waals surface area contributed by atoms with E-state index in [2.05, 4.69) is 4.98 Å². The van der Waals surface area contributed by atoms with Crippen molar-refractivity contribution in [3.8, 4) is 10.4 Å². The quantitative estimate of drug-likeness (QED) is 0.661. The molecule has 1 aliphatic heterocycles. The molecule has 7 heteroatoms. The zero-order chi connectivity index (χ0) is 18.8. The van der Waals surface area contributed by atoms with Crippen molar-refractivity contribution in [1.82, 2.24) is 14.5 Å². The first kappa shape index (κ1) is 18.2. The predicted molar refractivity (Wildman–Crippen MR) is 109 cm³/mol. The van der Waals surface area contributed by atoms with Crippen LogP contribution in [-0.2, 0) is 11.3 Å². The van der Waals surface area contributed by atoms with Gasteiger partial charge in [0.15, 0.2) is 0 Å². The van der Waals surface area contributed by atoms with Crippen LogP contribution in [0.1, 0.15) is 25.7 Å². The third kappa shape index (κ3) is 3.92. The SMILES string of the molecule is O=C(Cn1cnc2cc(-c3ccc(Cl)cc3)sc2c1=O)N1CCCCCC1. The second-order valence-corrected chi connectivity index (χ2v) is 8.29. The molecule has 0 atom stereocenters. The third-order valence-corrected chi connectivity index (χ3v) is 6.31. The first-order valence-electron chi connectivity index (χ1n) is 9.14. The van der Waals surface area contributed by atoms with Crippen LogP contribution in [-0.4, -0.2) is 33.4 Å². The summed E-state index contributed by atoms with van der Waals surface area (Å²) >= 11 is 7.35. The average Bonchev–Trinajstić information content (AvgIpc) is 2.92. The molecule has 0 aliphatic carbocycles. The molecular weight excluding hydrogens is 382 g/mol. The summed E-state index contributed by atoms with van der Waals surface area (Å²) in [5.74, 6) is -0.00497. The zero-order valence-electron chi connectivity index (χ0n) is 14.9. The number of rotatable bonds is 3. The lowest BCUT2D eigenvalue weighted by molar-refractivity contribution is -0.131. The molecule has 140 valence electrons. The minimum atomic E-state index is -0.159. The van der Waals surface area contributed by atoms with Crippen molar-refractivity contribution in [1.29, 1.82) is 0 Å². The fourth-order valence-electron chi connectivity index (χ4n) is 3.38. The Balaban J connectivity index is 1.61. The molecule has 0 spiro atoms. The Morgan fingerprint density at radius 2 is 1.81 bits per heavy atom. The average molecular weight is 402 g/mol. The molecule has 2 aromatic heterocycles. The number of likely N-dealkylation sites (tertiary alicyclic amines) is 1. The van der Waals surface area contributed by atoms with Gasteiger partial charge in [-0.05, 0) is 36.6 Å². The molecule has 1 fully saturated rings. The molecule has 5 nitrogen and oxygen atoms in total. The van der Waals surface area contributed by atoms with Crippen LogP contribution in [0.3, 0.4) is 0 Å². The van der Waals surface area contributed by atoms with Crippen LogP contribution < -0.4 is 5.56 Å². The van der Waals surface area contributed by atoms with Gasteiger partial charge in [0.05, 0.1) is 11.8 Å². The van der Waals surface area contributed by atoms with Crippen LogP contribution >= 0.6 is 22.9 Å². The molecule has 0 N–H and O–H groups in total. The minimum Gasteiger partial charge on any atom is -0.341 e. The Morgan fingerprint density at radius 3 is 2.52 bits per heavy atom. The van der Waals surface area contributed by atoms with E-state index in [1.165, 1.54) is 35.1 Å². The first-order chi connectivity index (χ1) is 13.1. The molecule has 4 rings (SSSR count). The van der Waals surface area contributed by atoms with Gasteiger partial charge < -0.3 is 4.90 Å². The van der Waals surface area contributed by atoms with Crippen molar-refractivity contribution < 1.29 is 4.79 Å². The Bertz CT molecular complexity index is 1020. The molecule has 3 aromatic rings. The van der Waals surface area contributed by atoms with Gasteiger partial charge in [-0.25, -0.2) is 4.98 Å². The van der Waals surface area contributed by atoms with Gasteiger partial charge in [-0.3, -0.25) is 14.2 Å². The molecule has 0 unspecified atom stereocenters. The highest BCUT2D eigenvalue weighted by atomic mass is 35.5. The van der Waals surface area contributed by atoms with Gasteiger partial charge in [-0.15, -0.1) is 11.3 Å². The molecular formula is C20H20ClN3O2S. The molecule has 3 heterocycles. The molecule has 0 radical (unpaired) electrons. The fourth-order valence-corrected chi connectivity index (χ4v) is 4.57. The number of fused-ring (bicyclic) bond motifs is 1. The lowest BCUT2D eigenvalue weighted by Crippen LogP contribution is -2.37. The maximum Gasteiger partial charge on any atom is 0.271 e. The number of nitrogens with zero attached hydrogens (tertiary/aromatic N) is 3. The molecule has 1 aromatic carbocycles. The number of halogens is 1. The standard InChI is InChI=1S/C20H20ClN3O2S/c21-15-7-5-14(6-8-15)17-11-16-19(27-17)20(26)24(13-22-16)12-18(25)23-9-3-1-2-4-10-23/h5-8,11,13H,1-4,9-10,12H2. The van der Waals surface area contributed by atoms with Gasteiger partial charge >= 0.3 is 0 Å². The van der Waals surface area contributed by atoms with Gasteiger partial charge in [0.2, 0.25) is 5.91 Å². The topological polar surface area (TPSA) is 55.2 Å². The van der Waals surface area contributed by atoms with Crippen LogP contribution in [0.4, 0.5) is 0 Å². The van der Waals surface area contributed by atoms with E-state index in [0.29, 0.717) is 15.2 Å². The van der Waals surface area contributed by atoms with Crippen molar-refractivity contribution >= 4 is 39.1 Å². The van der Waals surface area contributed by atoms with Crippen molar-refractivity contribution in [2.45, 2.75) is 32.2 Å². The van der Waals surface area contributed by atoms with Crippen molar-refractivity contribution in [3.05, 3.63) is 52.0 Å². The zero-order valence-corrected chi connectivity index (χ0v) is 16.4. The number of hydrogen-bond acceptors (Lipinski definition) is 4. The van der Waals surface area contributed by atoms with Crippen molar-refractivity contribution in [3.63, 3.8) is 0 Å². The van der Waals surface area contributed by atoms with Crippen LogP contribution in [0.25, 0.3) is 20.7 Å². The Morgan fingerprint density at radius 1 is 1.11 bits per heavy atom. The van der Waals surface area contributed by atoms with Crippen LogP contribution in [0, 0.1) is 0 Å². The Hall–Kier alpha value is -2.18. The number of hydrogen-bond donors (Lipinski definition) is 0. The van der Waals surface area contributed by atoms with Crippen LogP contribution in [0.15, 0.2) is 41.5 Å². The van der Waals surface area contributed by atoms with Crippen LogP contribution in [0.2, 0.25) is 5.02 Å². The Kier molecular flexibility index (Phi) is 5.27. The van der Waals surface area contributed by atoms with E-state index >= 15 is 0 Å². The highest BCUT2D eigenvalue weighted by Gasteiger charge is 2.18. The number of thiophene rings is 1. The largest absolute Gasteiger partial charge is 0.341 e. The van der Waals surface area contributed by atoms with Gasteiger partial charge in [-0.1, -0.05) is 36.6 Å². The maximum atomic E-state index is 12.9. The third-order valence-electron chi connectivity index (χ3n) is 4.90. The highest BCUT2D eigenvalue weighted by Crippen LogP contribution is 2.31. The lowest BCUT2D eigenvalue weighted by Gasteiger charge is -2.20. The molecule has 1 amide bonds. The van der Waals surface area contributed by atoms with Gasteiger partial charge in [0.25, 0.3) is 5.56 Å². The summed E-state index contributed by atoms with van der Waals surface area (Å²) in [5.41, 5.74) is 1.50. The van der Waals surface area contributed by atoms with Crippen LogP contribution in [0.5, 0.6) is 0 Å². The number of carbonyl (C=O) groups is 1. The smallest absolute Gasteiger partial charge is 0.271 e. The van der Waals surface area contributed by atoms with E-state index in [1.807, 2.05) is 35.2 Å². The molecule has 1 saturated heterocycles. The second-order valence-electron chi connectivity index (χ2n) is 6.80. The summed E-state index contributed by atoms with van der Waals surface area (Å²) in [6, 6.07) is 9.41. The predicted octanol–water partition coefficient (Wildman–Crippen LogP) is 4.18. The first-order valence-corrected chi connectivity index (χ1v) is 10.3. The molecule has 0 bridgehead atoms. The molecule has 1 aliphatic rings. The molecule has 0 saturated carbocycles. The Labute approximate surface area is 166 Å². The molecule has 27 heavy (non-hydrogen) atoms. The van der Waals surface area contributed by atoms with Crippen molar-refractivity contribution in [2.24, 2.45) is 0 Å². The number of benzene rings is 1. The second kappa shape index (κ2) is 7.82. The number of carbonyl (C=O) groups excluding carboxylic acids is 1. The van der Waals surface area contributed by atoms with E-state index in [4.69, 9.17) is 11.6 Å². The van der Waals surface area contributed by atoms with E-state index in [9.17, 15) is 9.59 Å². The van der Waals surface area contributed by atoms with E-state index in [0.717, 1.165) is 36.4 Å². The summed E-state index contributed by atoms with van der Waals surface area (Å²) in [4.78, 5) is 32.7.